The molecule has 9 heteroatoms. The van der Waals surface area contributed by atoms with Crippen molar-refractivity contribution in [2.45, 2.75) is 31.4 Å². The molecule has 1 aliphatic rings. The number of hydroxylamine groups is 2. The Hall–Kier alpha value is -1.48. The topological polar surface area (TPSA) is 118 Å². The van der Waals surface area contributed by atoms with Gasteiger partial charge in [-0.25, -0.2) is 4.79 Å². The third-order valence-corrected chi connectivity index (χ3v) is 3.16. The van der Waals surface area contributed by atoms with Crippen LogP contribution in [0.25, 0.3) is 0 Å². The fourth-order valence-corrected chi connectivity index (χ4v) is 1.97. The van der Waals surface area contributed by atoms with E-state index in [1.807, 2.05) is 0 Å². The molecule has 1 fully saturated rings. The first-order chi connectivity index (χ1) is 7.77. The van der Waals surface area contributed by atoms with Gasteiger partial charge in [-0.1, -0.05) is 6.92 Å². The molecular weight excluding hydrogens is 254 g/mol. The summed E-state index contributed by atoms with van der Waals surface area (Å²) < 4.78 is 30.2. The van der Waals surface area contributed by atoms with E-state index in [2.05, 4.69) is 4.84 Å². The molecule has 0 aliphatic carbocycles. The summed E-state index contributed by atoms with van der Waals surface area (Å²) in [5.41, 5.74) is 0. The second kappa shape index (κ2) is 4.80. The lowest BCUT2D eigenvalue weighted by molar-refractivity contribution is -0.197. The number of hydrogen-bond acceptors (Lipinski definition) is 6. The van der Waals surface area contributed by atoms with Gasteiger partial charge in [-0.05, 0) is 6.42 Å². The molecule has 1 heterocycles. The maximum atomic E-state index is 11.4. The van der Waals surface area contributed by atoms with Crippen LogP contribution in [0.1, 0.15) is 26.2 Å². The number of hydrogen-bond donors (Lipinski definition) is 1. The van der Waals surface area contributed by atoms with Gasteiger partial charge in [-0.2, -0.15) is 8.42 Å². The van der Waals surface area contributed by atoms with Crippen molar-refractivity contribution in [3.05, 3.63) is 0 Å². The monoisotopic (exact) mass is 265 g/mol. The molecule has 8 nitrogen and oxygen atoms in total. The van der Waals surface area contributed by atoms with Gasteiger partial charge in [0, 0.05) is 6.42 Å². The van der Waals surface area contributed by atoms with Crippen LogP contribution in [0.2, 0.25) is 0 Å². The van der Waals surface area contributed by atoms with Crippen molar-refractivity contribution in [1.29, 1.82) is 0 Å². The van der Waals surface area contributed by atoms with Crippen molar-refractivity contribution in [2.24, 2.45) is 0 Å². The molecule has 1 rings (SSSR count). The lowest BCUT2D eigenvalue weighted by atomic mass is 10.3. The molecule has 1 N–H and O–H groups in total. The van der Waals surface area contributed by atoms with Crippen LogP contribution >= 0.6 is 0 Å². The van der Waals surface area contributed by atoms with Crippen molar-refractivity contribution in [3.8, 4) is 0 Å². The fourth-order valence-electron chi connectivity index (χ4n) is 1.26. The standard InChI is InChI=1S/C8H11NO7S/c1-2-3-7(11)16-9-6(10)4-5(8(9)12)17(13,14)15/h5H,2-4H2,1H3,(H,13,14,15). The summed E-state index contributed by atoms with van der Waals surface area (Å²) in [7, 11) is -4.67. The highest BCUT2D eigenvalue weighted by atomic mass is 32.2. The van der Waals surface area contributed by atoms with Crippen LogP contribution in [0.4, 0.5) is 0 Å². The maximum absolute atomic E-state index is 11.4. The summed E-state index contributed by atoms with van der Waals surface area (Å²) in [4.78, 5) is 38.1. The number of nitrogens with zero attached hydrogens (tertiary/aromatic N) is 1. The minimum atomic E-state index is -4.67. The highest BCUT2D eigenvalue weighted by Crippen LogP contribution is 2.19. The Morgan fingerprint density at radius 1 is 1.53 bits per heavy atom. The van der Waals surface area contributed by atoms with Crippen LogP contribution in [0.15, 0.2) is 0 Å². The maximum Gasteiger partial charge on any atom is 0.333 e. The van der Waals surface area contributed by atoms with Gasteiger partial charge in [0.1, 0.15) is 0 Å². The molecule has 1 saturated heterocycles. The van der Waals surface area contributed by atoms with Crippen molar-refractivity contribution < 1.29 is 32.2 Å². The van der Waals surface area contributed by atoms with Gasteiger partial charge in [0.05, 0.1) is 6.42 Å². The Morgan fingerprint density at radius 2 is 2.12 bits per heavy atom. The van der Waals surface area contributed by atoms with E-state index >= 15 is 0 Å². The zero-order chi connectivity index (χ0) is 13.2. The van der Waals surface area contributed by atoms with Gasteiger partial charge < -0.3 is 4.84 Å². The first kappa shape index (κ1) is 13.6. The van der Waals surface area contributed by atoms with Crippen molar-refractivity contribution in [3.63, 3.8) is 0 Å². The second-order valence-electron chi connectivity index (χ2n) is 3.45. The van der Waals surface area contributed by atoms with E-state index in [9.17, 15) is 22.8 Å². The SMILES string of the molecule is CCCC(=O)ON1C(=O)CC(S(=O)(=O)O)C1=O. The summed E-state index contributed by atoms with van der Waals surface area (Å²) in [6.45, 7) is 1.69. The summed E-state index contributed by atoms with van der Waals surface area (Å²) in [6, 6.07) is 0. The fraction of sp³-hybridized carbons (Fsp3) is 0.625. The predicted molar refractivity (Wildman–Crippen MR) is 52.8 cm³/mol. The molecular formula is C8H11NO7S. The molecule has 0 aromatic heterocycles. The molecule has 1 atom stereocenters. The summed E-state index contributed by atoms with van der Waals surface area (Å²) in [6.07, 6.45) is -0.276. The Labute approximate surface area is 97.2 Å². The molecule has 2 amide bonds. The second-order valence-corrected chi connectivity index (χ2v) is 5.05. The average molecular weight is 265 g/mol. The highest BCUT2D eigenvalue weighted by molar-refractivity contribution is 7.87. The molecule has 17 heavy (non-hydrogen) atoms. The zero-order valence-corrected chi connectivity index (χ0v) is 9.77. The molecule has 0 bridgehead atoms. The molecule has 1 unspecified atom stereocenters. The summed E-state index contributed by atoms with van der Waals surface area (Å²) in [5.74, 6) is -3.03. The average Bonchev–Trinajstić information content (AvgIpc) is 2.45. The first-order valence-corrected chi connectivity index (χ1v) is 6.31. The predicted octanol–water partition coefficient (Wildman–Crippen LogP) is -0.740. The van der Waals surface area contributed by atoms with Crippen LogP contribution in [-0.4, -0.2) is 41.1 Å². The Morgan fingerprint density at radius 3 is 2.53 bits per heavy atom. The van der Waals surface area contributed by atoms with Gasteiger partial charge in [-0.3, -0.25) is 14.1 Å². The Bertz CT molecular complexity index is 454. The van der Waals surface area contributed by atoms with Crippen LogP contribution < -0.4 is 0 Å². The summed E-state index contributed by atoms with van der Waals surface area (Å²) in [5, 5.41) is -1.79. The van der Waals surface area contributed by atoms with E-state index in [0.717, 1.165) is 0 Å². The van der Waals surface area contributed by atoms with E-state index in [1.165, 1.54) is 0 Å². The van der Waals surface area contributed by atoms with Gasteiger partial charge >= 0.3 is 5.97 Å². The molecule has 96 valence electrons. The largest absolute Gasteiger partial charge is 0.333 e. The molecule has 0 aromatic rings. The van der Waals surface area contributed by atoms with Crippen molar-refractivity contribution >= 4 is 27.9 Å². The normalized spacial score (nSPS) is 20.8. The molecule has 0 radical (unpaired) electrons. The number of amides is 2. The molecule has 1 aliphatic heterocycles. The highest BCUT2D eigenvalue weighted by Gasteiger charge is 2.48. The molecule has 0 aromatic carbocycles. The quantitative estimate of drug-likeness (QED) is 0.525. The van der Waals surface area contributed by atoms with E-state index in [-0.39, 0.29) is 11.5 Å². The zero-order valence-electron chi connectivity index (χ0n) is 8.95. The third-order valence-electron chi connectivity index (χ3n) is 2.07. The van der Waals surface area contributed by atoms with Crippen LogP contribution in [0, 0.1) is 0 Å². The number of rotatable bonds is 4. The van der Waals surface area contributed by atoms with Gasteiger partial charge in [0.15, 0.2) is 5.25 Å². The van der Waals surface area contributed by atoms with Gasteiger partial charge in [-0.15, -0.1) is 5.06 Å². The van der Waals surface area contributed by atoms with E-state index in [4.69, 9.17) is 4.55 Å². The molecule has 0 spiro atoms. The lowest BCUT2D eigenvalue weighted by Crippen LogP contribution is -2.36. The van der Waals surface area contributed by atoms with E-state index in [1.54, 1.807) is 6.92 Å². The minimum Gasteiger partial charge on any atom is -0.330 e. The lowest BCUT2D eigenvalue weighted by Gasteiger charge is -2.12. The smallest absolute Gasteiger partial charge is 0.330 e. The Balaban J connectivity index is 2.80. The number of carbonyl (C=O) groups excluding carboxylic acids is 3. The van der Waals surface area contributed by atoms with E-state index < -0.39 is 39.6 Å². The summed E-state index contributed by atoms with van der Waals surface area (Å²) >= 11 is 0. The van der Waals surface area contributed by atoms with E-state index in [0.29, 0.717) is 6.42 Å². The van der Waals surface area contributed by atoms with Crippen LogP contribution in [0.3, 0.4) is 0 Å². The minimum absolute atomic E-state index is 0.00635. The van der Waals surface area contributed by atoms with Crippen molar-refractivity contribution in [1.82, 2.24) is 5.06 Å². The first-order valence-electron chi connectivity index (χ1n) is 4.81. The third kappa shape index (κ3) is 3.01. The van der Waals surface area contributed by atoms with Gasteiger partial charge in [0.2, 0.25) is 0 Å². The number of carbonyl (C=O) groups is 3. The number of imide groups is 1. The van der Waals surface area contributed by atoms with Crippen molar-refractivity contribution in [2.75, 3.05) is 0 Å². The van der Waals surface area contributed by atoms with Crippen LogP contribution in [-0.2, 0) is 29.3 Å². The van der Waals surface area contributed by atoms with Gasteiger partial charge in [0.25, 0.3) is 21.9 Å². The Kier molecular flexibility index (Phi) is 3.83. The molecule has 0 saturated carbocycles. The van der Waals surface area contributed by atoms with Crippen LogP contribution in [0.5, 0.6) is 0 Å².